The van der Waals surface area contributed by atoms with Crippen LogP contribution in [0.1, 0.15) is 18.9 Å². The molecular weight excluding hydrogens is 279 g/mol. The summed E-state index contributed by atoms with van der Waals surface area (Å²) in [6.07, 6.45) is 3.26. The van der Waals surface area contributed by atoms with Crippen molar-refractivity contribution >= 4 is 23.4 Å². The van der Waals surface area contributed by atoms with Crippen molar-refractivity contribution in [3.63, 3.8) is 0 Å². The Morgan fingerprint density at radius 2 is 2.33 bits per heavy atom. The SMILES string of the molecule is O=c1[nH]nc(Sc2ncc(Cl)cc2F)n1C1CC1. The average Bonchev–Trinajstić information content (AvgIpc) is 3.08. The fourth-order valence-corrected chi connectivity index (χ4v) is 2.58. The maximum absolute atomic E-state index is 13.6. The summed E-state index contributed by atoms with van der Waals surface area (Å²) in [6.45, 7) is 0. The molecule has 0 unspecified atom stereocenters. The van der Waals surface area contributed by atoms with E-state index >= 15 is 0 Å². The van der Waals surface area contributed by atoms with E-state index in [1.54, 1.807) is 4.57 Å². The van der Waals surface area contributed by atoms with Gasteiger partial charge in [-0.25, -0.2) is 19.3 Å². The minimum absolute atomic E-state index is 0.153. The zero-order valence-corrected chi connectivity index (χ0v) is 10.6. The lowest BCUT2D eigenvalue weighted by Crippen LogP contribution is -2.16. The van der Waals surface area contributed by atoms with Crippen LogP contribution in [0.5, 0.6) is 0 Å². The molecule has 1 saturated carbocycles. The molecule has 2 aromatic heterocycles. The Bertz CT molecular complexity index is 652. The standard InChI is InChI=1S/C10H8ClFN4OS/c11-5-3-7(12)8(13-4-5)18-10-15-14-9(17)16(10)6-1-2-6/h3-4,6H,1-2H2,(H,14,17). The smallest absolute Gasteiger partial charge is 0.267 e. The molecule has 5 nitrogen and oxygen atoms in total. The van der Waals surface area contributed by atoms with Gasteiger partial charge in [0.2, 0.25) is 0 Å². The van der Waals surface area contributed by atoms with Gasteiger partial charge in [0, 0.05) is 12.2 Å². The molecule has 0 aliphatic heterocycles. The quantitative estimate of drug-likeness (QED) is 0.940. The second kappa shape index (κ2) is 4.40. The van der Waals surface area contributed by atoms with Gasteiger partial charge < -0.3 is 0 Å². The van der Waals surface area contributed by atoms with Gasteiger partial charge in [-0.05, 0) is 30.7 Å². The number of aromatic amines is 1. The largest absolute Gasteiger partial charge is 0.344 e. The summed E-state index contributed by atoms with van der Waals surface area (Å²) in [6, 6.07) is 1.36. The van der Waals surface area contributed by atoms with Gasteiger partial charge in [0.1, 0.15) is 5.03 Å². The third kappa shape index (κ3) is 2.15. The Hall–Kier alpha value is -1.34. The first kappa shape index (κ1) is 11.7. The zero-order chi connectivity index (χ0) is 12.7. The lowest BCUT2D eigenvalue weighted by Gasteiger charge is -2.03. The molecule has 0 atom stereocenters. The number of nitrogens with zero attached hydrogens (tertiary/aromatic N) is 3. The van der Waals surface area contributed by atoms with Gasteiger partial charge in [-0.1, -0.05) is 11.6 Å². The molecule has 94 valence electrons. The van der Waals surface area contributed by atoms with Gasteiger partial charge in [0.25, 0.3) is 0 Å². The van der Waals surface area contributed by atoms with E-state index in [0.29, 0.717) is 5.16 Å². The van der Waals surface area contributed by atoms with Crippen LogP contribution in [0.2, 0.25) is 5.02 Å². The van der Waals surface area contributed by atoms with Gasteiger partial charge in [0.15, 0.2) is 11.0 Å². The first-order chi connectivity index (χ1) is 8.65. The Kier molecular flexibility index (Phi) is 2.87. The lowest BCUT2D eigenvalue weighted by molar-refractivity contribution is 0.585. The predicted molar refractivity (Wildman–Crippen MR) is 64.4 cm³/mol. The molecule has 0 radical (unpaired) electrons. The summed E-state index contributed by atoms with van der Waals surface area (Å²) in [5, 5.41) is 7.07. The molecule has 1 aliphatic carbocycles. The van der Waals surface area contributed by atoms with Gasteiger partial charge in [-0.2, -0.15) is 0 Å². The highest BCUT2D eigenvalue weighted by Crippen LogP contribution is 2.37. The molecule has 0 aromatic carbocycles. The number of nitrogens with one attached hydrogen (secondary N) is 1. The molecule has 0 bridgehead atoms. The number of pyridine rings is 1. The molecule has 1 aliphatic rings. The third-order valence-corrected chi connectivity index (χ3v) is 3.72. The second-order valence-electron chi connectivity index (χ2n) is 3.96. The van der Waals surface area contributed by atoms with Gasteiger partial charge in [-0.3, -0.25) is 4.57 Å². The highest BCUT2D eigenvalue weighted by Gasteiger charge is 2.29. The Labute approximate surface area is 110 Å². The molecular formula is C10H8ClFN4OS. The van der Waals surface area contributed by atoms with E-state index in [2.05, 4.69) is 15.2 Å². The summed E-state index contributed by atoms with van der Waals surface area (Å²) >= 11 is 6.64. The zero-order valence-electron chi connectivity index (χ0n) is 9.06. The average molecular weight is 287 g/mol. The maximum Gasteiger partial charge on any atom is 0.344 e. The Balaban J connectivity index is 1.94. The van der Waals surface area contributed by atoms with Crippen LogP contribution < -0.4 is 5.69 Å². The van der Waals surface area contributed by atoms with Crippen molar-refractivity contribution in [1.82, 2.24) is 19.7 Å². The van der Waals surface area contributed by atoms with Crippen molar-refractivity contribution in [1.29, 1.82) is 0 Å². The molecule has 2 aromatic rings. The van der Waals surface area contributed by atoms with Gasteiger partial charge in [0.05, 0.1) is 5.02 Å². The summed E-state index contributed by atoms with van der Waals surface area (Å²) in [4.78, 5) is 15.4. The second-order valence-corrected chi connectivity index (χ2v) is 5.35. The van der Waals surface area contributed by atoms with Crippen LogP contribution in [0.15, 0.2) is 27.2 Å². The van der Waals surface area contributed by atoms with E-state index in [0.717, 1.165) is 24.6 Å². The fourth-order valence-electron chi connectivity index (χ4n) is 1.58. The number of aromatic nitrogens is 4. The van der Waals surface area contributed by atoms with E-state index in [1.807, 2.05) is 0 Å². The molecule has 0 spiro atoms. The Morgan fingerprint density at radius 3 is 3.00 bits per heavy atom. The molecule has 18 heavy (non-hydrogen) atoms. The van der Waals surface area contributed by atoms with Crippen LogP contribution in [-0.2, 0) is 0 Å². The molecule has 1 N–H and O–H groups in total. The minimum Gasteiger partial charge on any atom is -0.267 e. The van der Waals surface area contributed by atoms with Crippen molar-refractivity contribution in [2.24, 2.45) is 0 Å². The van der Waals surface area contributed by atoms with Crippen LogP contribution in [0.4, 0.5) is 4.39 Å². The van der Waals surface area contributed by atoms with Crippen LogP contribution in [0.25, 0.3) is 0 Å². The van der Waals surface area contributed by atoms with E-state index in [9.17, 15) is 9.18 Å². The maximum atomic E-state index is 13.6. The number of rotatable bonds is 3. The van der Waals surface area contributed by atoms with E-state index in [-0.39, 0.29) is 21.8 Å². The van der Waals surface area contributed by atoms with Crippen molar-refractivity contribution < 1.29 is 4.39 Å². The van der Waals surface area contributed by atoms with Crippen molar-refractivity contribution in [2.75, 3.05) is 0 Å². The van der Waals surface area contributed by atoms with E-state index < -0.39 is 5.82 Å². The first-order valence-electron chi connectivity index (χ1n) is 5.31. The van der Waals surface area contributed by atoms with Gasteiger partial charge in [-0.15, -0.1) is 5.10 Å². The summed E-state index contributed by atoms with van der Waals surface area (Å²) in [7, 11) is 0. The number of halogens is 2. The number of H-pyrrole nitrogens is 1. The Morgan fingerprint density at radius 1 is 1.56 bits per heavy atom. The molecule has 8 heteroatoms. The predicted octanol–water partition coefficient (Wildman–Crippen LogP) is 2.25. The van der Waals surface area contributed by atoms with Gasteiger partial charge >= 0.3 is 5.69 Å². The lowest BCUT2D eigenvalue weighted by atomic mass is 10.5. The first-order valence-corrected chi connectivity index (χ1v) is 6.50. The fraction of sp³-hybridized carbons (Fsp3) is 0.300. The molecule has 0 saturated heterocycles. The number of hydrogen-bond acceptors (Lipinski definition) is 4. The van der Waals surface area contributed by atoms with Crippen LogP contribution in [0, 0.1) is 5.82 Å². The topological polar surface area (TPSA) is 63.6 Å². The third-order valence-electron chi connectivity index (χ3n) is 2.55. The van der Waals surface area contributed by atoms with Crippen molar-refractivity contribution in [3.05, 3.63) is 33.6 Å². The summed E-state index contributed by atoms with van der Waals surface area (Å²) in [5.41, 5.74) is -0.269. The molecule has 3 rings (SSSR count). The molecule has 0 amide bonds. The summed E-state index contributed by atoms with van der Waals surface area (Å²) in [5.74, 6) is -0.523. The molecule has 2 heterocycles. The minimum atomic E-state index is -0.523. The summed E-state index contributed by atoms with van der Waals surface area (Å²) < 4.78 is 15.1. The van der Waals surface area contributed by atoms with Crippen LogP contribution >= 0.6 is 23.4 Å². The van der Waals surface area contributed by atoms with Crippen LogP contribution in [0.3, 0.4) is 0 Å². The van der Waals surface area contributed by atoms with Crippen LogP contribution in [-0.4, -0.2) is 19.7 Å². The monoisotopic (exact) mass is 286 g/mol. The van der Waals surface area contributed by atoms with Crippen molar-refractivity contribution in [2.45, 2.75) is 29.1 Å². The highest BCUT2D eigenvalue weighted by molar-refractivity contribution is 7.99. The normalized spacial score (nSPS) is 15.0. The van der Waals surface area contributed by atoms with E-state index in [4.69, 9.17) is 11.6 Å². The molecule has 1 fully saturated rings. The van der Waals surface area contributed by atoms with E-state index in [1.165, 1.54) is 12.3 Å². The highest BCUT2D eigenvalue weighted by atomic mass is 35.5. The number of hydrogen-bond donors (Lipinski definition) is 1. The van der Waals surface area contributed by atoms with Crippen molar-refractivity contribution in [3.8, 4) is 0 Å².